The predicted molar refractivity (Wildman–Crippen MR) is 103 cm³/mol. The second-order valence-corrected chi connectivity index (χ2v) is 8.39. The van der Waals surface area contributed by atoms with Crippen LogP contribution >= 0.6 is 0 Å². The fourth-order valence-corrected chi connectivity index (χ4v) is 4.71. The minimum Gasteiger partial charge on any atom is -0.381 e. The molecule has 0 bridgehead atoms. The van der Waals surface area contributed by atoms with Crippen molar-refractivity contribution in [2.45, 2.75) is 56.9 Å². The van der Waals surface area contributed by atoms with Crippen LogP contribution in [0, 0.1) is 12.8 Å². The van der Waals surface area contributed by atoms with Gasteiger partial charge in [0, 0.05) is 37.6 Å². The van der Waals surface area contributed by atoms with Crippen molar-refractivity contribution >= 4 is 11.8 Å². The number of hydrogen-bond acceptors (Lipinski definition) is 3. The van der Waals surface area contributed by atoms with Crippen molar-refractivity contribution in [1.82, 2.24) is 10.2 Å². The van der Waals surface area contributed by atoms with Crippen LogP contribution in [0.15, 0.2) is 24.3 Å². The SMILES string of the molecule is Cc1ccccc1C1(CNC(=O)C2CCCN2C(=O)C2CC2)CCOCC1. The van der Waals surface area contributed by atoms with Gasteiger partial charge in [-0.15, -0.1) is 0 Å². The highest BCUT2D eigenvalue weighted by Gasteiger charge is 2.42. The van der Waals surface area contributed by atoms with Crippen molar-refractivity contribution in [2.24, 2.45) is 5.92 Å². The molecule has 0 radical (unpaired) electrons. The number of amides is 2. The van der Waals surface area contributed by atoms with E-state index >= 15 is 0 Å². The van der Waals surface area contributed by atoms with Gasteiger partial charge in [0.05, 0.1) is 0 Å². The molecule has 5 nitrogen and oxygen atoms in total. The normalized spacial score (nSPS) is 24.6. The monoisotopic (exact) mass is 370 g/mol. The molecule has 3 fully saturated rings. The summed E-state index contributed by atoms with van der Waals surface area (Å²) in [7, 11) is 0. The van der Waals surface area contributed by atoms with Gasteiger partial charge in [-0.1, -0.05) is 24.3 Å². The number of ether oxygens (including phenoxy) is 1. The topological polar surface area (TPSA) is 58.6 Å². The molecule has 0 spiro atoms. The highest BCUT2D eigenvalue weighted by molar-refractivity contribution is 5.90. The van der Waals surface area contributed by atoms with Gasteiger partial charge in [-0.2, -0.15) is 0 Å². The fraction of sp³-hybridized carbons (Fsp3) is 0.636. The molecular weight excluding hydrogens is 340 g/mol. The molecule has 5 heteroatoms. The van der Waals surface area contributed by atoms with Gasteiger partial charge in [0.2, 0.25) is 11.8 Å². The number of benzene rings is 1. The number of carbonyl (C=O) groups is 2. The Morgan fingerprint density at radius 2 is 1.93 bits per heavy atom. The first-order valence-electron chi connectivity index (χ1n) is 10.3. The lowest BCUT2D eigenvalue weighted by atomic mass is 9.72. The van der Waals surface area contributed by atoms with Crippen LogP contribution in [0.25, 0.3) is 0 Å². The standard InChI is InChI=1S/C22H30N2O3/c1-16-5-2-3-6-18(16)22(10-13-27-14-11-22)15-23-20(25)19-7-4-12-24(19)21(26)17-8-9-17/h2-3,5-6,17,19H,4,7-15H2,1H3,(H,23,25). The summed E-state index contributed by atoms with van der Waals surface area (Å²) in [6.45, 7) is 4.92. The smallest absolute Gasteiger partial charge is 0.242 e. The largest absolute Gasteiger partial charge is 0.381 e. The number of carbonyl (C=O) groups excluding carboxylic acids is 2. The van der Waals surface area contributed by atoms with Crippen molar-refractivity contribution in [1.29, 1.82) is 0 Å². The minimum atomic E-state index is -0.285. The Morgan fingerprint density at radius 1 is 1.19 bits per heavy atom. The van der Waals surface area contributed by atoms with Crippen LogP contribution in [0.3, 0.4) is 0 Å². The highest BCUT2D eigenvalue weighted by Crippen LogP contribution is 2.37. The quantitative estimate of drug-likeness (QED) is 0.867. The summed E-state index contributed by atoms with van der Waals surface area (Å²) in [5.41, 5.74) is 2.49. The number of aryl methyl sites for hydroxylation is 1. The van der Waals surface area contributed by atoms with Crippen LogP contribution < -0.4 is 5.32 Å². The number of hydrogen-bond donors (Lipinski definition) is 1. The molecule has 2 aliphatic heterocycles. The van der Waals surface area contributed by atoms with E-state index in [0.29, 0.717) is 6.54 Å². The lowest BCUT2D eigenvalue weighted by molar-refractivity contribution is -0.139. The third kappa shape index (κ3) is 3.75. The summed E-state index contributed by atoms with van der Waals surface area (Å²) < 4.78 is 5.61. The van der Waals surface area contributed by atoms with Gasteiger partial charge < -0.3 is 15.0 Å². The molecule has 2 heterocycles. The molecule has 1 saturated carbocycles. The van der Waals surface area contributed by atoms with Crippen molar-refractivity contribution in [3.63, 3.8) is 0 Å². The fourth-order valence-electron chi connectivity index (χ4n) is 4.71. The Labute approximate surface area is 161 Å². The predicted octanol–water partition coefficient (Wildman–Crippen LogP) is 2.56. The van der Waals surface area contributed by atoms with Gasteiger partial charge in [-0.3, -0.25) is 9.59 Å². The first-order chi connectivity index (χ1) is 13.1. The van der Waals surface area contributed by atoms with E-state index in [1.54, 1.807) is 0 Å². The maximum atomic E-state index is 13.0. The second-order valence-electron chi connectivity index (χ2n) is 8.39. The third-order valence-electron chi connectivity index (χ3n) is 6.53. The van der Waals surface area contributed by atoms with Gasteiger partial charge in [0.25, 0.3) is 0 Å². The Bertz CT molecular complexity index is 707. The Hall–Kier alpha value is -1.88. The molecule has 4 rings (SSSR count). The first kappa shape index (κ1) is 18.5. The summed E-state index contributed by atoms with van der Waals surface area (Å²) in [5.74, 6) is 0.375. The minimum absolute atomic E-state index is 0.0148. The Balaban J connectivity index is 1.47. The number of rotatable bonds is 5. The van der Waals surface area contributed by atoms with E-state index in [0.717, 1.165) is 58.3 Å². The second kappa shape index (κ2) is 7.63. The molecule has 3 aliphatic rings. The van der Waals surface area contributed by atoms with Crippen LogP contribution in [-0.2, 0) is 19.7 Å². The molecule has 1 atom stereocenters. The van der Waals surface area contributed by atoms with E-state index in [1.807, 2.05) is 4.90 Å². The molecule has 1 aliphatic carbocycles. The molecule has 2 amide bonds. The molecule has 1 aromatic rings. The summed E-state index contributed by atoms with van der Waals surface area (Å²) >= 11 is 0. The van der Waals surface area contributed by atoms with Crippen molar-refractivity contribution < 1.29 is 14.3 Å². The zero-order valence-corrected chi connectivity index (χ0v) is 16.2. The Morgan fingerprint density at radius 3 is 2.63 bits per heavy atom. The number of nitrogens with zero attached hydrogens (tertiary/aromatic N) is 1. The van der Waals surface area contributed by atoms with Gasteiger partial charge in [-0.05, 0) is 56.6 Å². The lowest BCUT2D eigenvalue weighted by Gasteiger charge is -2.39. The van der Waals surface area contributed by atoms with E-state index in [4.69, 9.17) is 4.74 Å². The Kier molecular flexibility index (Phi) is 5.22. The summed E-state index contributed by atoms with van der Waals surface area (Å²) in [5, 5.41) is 3.22. The van der Waals surface area contributed by atoms with Crippen LogP contribution in [0.1, 0.15) is 49.7 Å². The molecular formula is C22H30N2O3. The number of likely N-dealkylation sites (tertiary alicyclic amines) is 1. The van der Waals surface area contributed by atoms with Crippen molar-refractivity contribution in [3.05, 3.63) is 35.4 Å². The molecule has 1 aromatic carbocycles. The molecule has 1 N–H and O–H groups in total. The van der Waals surface area contributed by atoms with Gasteiger partial charge in [-0.25, -0.2) is 0 Å². The first-order valence-corrected chi connectivity index (χ1v) is 10.3. The van der Waals surface area contributed by atoms with E-state index in [1.165, 1.54) is 11.1 Å². The zero-order valence-electron chi connectivity index (χ0n) is 16.2. The van der Waals surface area contributed by atoms with Gasteiger partial charge in [0.15, 0.2) is 0 Å². The van der Waals surface area contributed by atoms with E-state index in [-0.39, 0.29) is 29.2 Å². The highest BCUT2D eigenvalue weighted by atomic mass is 16.5. The molecule has 0 aromatic heterocycles. The molecule has 1 unspecified atom stereocenters. The lowest BCUT2D eigenvalue weighted by Crippen LogP contribution is -2.51. The molecule has 2 saturated heterocycles. The van der Waals surface area contributed by atoms with Crippen LogP contribution in [0.5, 0.6) is 0 Å². The molecule has 27 heavy (non-hydrogen) atoms. The van der Waals surface area contributed by atoms with Crippen molar-refractivity contribution in [3.8, 4) is 0 Å². The van der Waals surface area contributed by atoms with Gasteiger partial charge in [0.1, 0.15) is 6.04 Å². The summed E-state index contributed by atoms with van der Waals surface area (Å²) in [4.78, 5) is 27.3. The average Bonchev–Trinajstić information content (AvgIpc) is 3.43. The van der Waals surface area contributed by atoms with Gasteiger partial charge >= 0.3 is 0 Å². The van der Waals surface area contributed by atoms with Crippen LogP contribution in [0.4, 0.5) is 0 Å². The summed E-state index contributed by atoms with van der Waals surface area (Å²) in [6, 6.07) is 8.18. The maximum absolute atomic E-state index is 13.0. The number of nitrogens with one attached hydrogen (secondary N) is 1. The van der Waals surface area contributed by atoms with E-state index in [9.17, 15) is 9.59 Å². The third-order valence-corrected chi connectivity index (χ3v) is 6.53. The van der Waals surface area contributed by atoms with Crippen LogP contribution in [-0.4, -0.2) is 49.1 Å². The molecule has 146 valence electrons. The van der Waals surface area contributed by atoms with Crippen LogP contribution in [0.2, 0.25) is 0 Å². The zero-order chi connectivity index (χ0) is 18.9. The van der Waals surface area contributed by atoms with E-state index < -0.39 is 0 Å². The maximum Gasteiger partial charge on any atom is 0.242 e. The van der Waals surface area contributed by atoms with Crippen molar-refractivity contribution in [2.75, 3.05) is 26.3 Å². The summed E-state index contributed by atoms with van der Waals surface area (Å²) in [6.07, 6.45) is 5.50. The van der Waals surface area contributed by atoms with E-state index in [2.05, 4.69) is 36.5 Å². The average molecular weight is 370 g/mol.